The molecule has 0 atom stereocenters. The van der Waals surface area contributed by atoms with E-state index in [0.717, 1.165) is 5.69 Å². The van der Waals surface area contributed by atoms with Gasteiger partial charge in [-0.05, 0) is 18.6 Å². The van der Waals surface area contributed by atoms with Gasteiger partial charge in [0.25, 0.3) is 0 Å². The van der Waals surface area contributed by atoms with E-state index in [-0.39, 0.29) is 0 Å². The van der Waals surface area contributed by atoms with Crippen molar-refractivity contribution in [2.45, 2.75) is 13.5 Å². The van der Waals surface area contributed by atoms with Crippen LogP contribution in [0.4, 0.5) is 11.4 Å². The lowest BCUT2D eigenvalue weighted by molar-refractivity contribution is 1.14. The van der Waals surface area contributed by atoms with Crippen LogP contribution in [0.5, 0.6) is 0 Å². The van der Waals surface area contributed by atoms with Crippen molar-refractivity contribution in [3.05, 3.63) is 52.8 Å². The number of hydrogen-bond donors (Lipinski definition) is 2. The average Bonchev–Trinajstić information content (AvgIpc) is 2.33. The molecule has 0 radical (unpaired) electrons. The summed E-state index contributed by atoms with van der Waals surface area (Å²) in [6, 6.07) is 10.2. The Hall–Kier alpha value is -1.74. The first-order valence-corrected chi connectivity index (χ1v) is 5.74. The van der Waals surface area contributed by atoms with Crippen molar-refractivity contribution >= 4 is 23.0 Å². The van der Waals surface area contributed by atoms with Gasteiger partial charge in [0.2, 0.25) is 0 Å². The molecule has 4 heteroatoms. The maximum Gasteiger partial charge on any atom is 0.153 e. The van der Waals surface area contributed by atoms with Crippen LogP contribution in [0.25, 0.3) is 0 Å². The molecular weight excluding hydrogens is 234 g/mol. The normalized spacial score (nSPS) is 10.2. The number of pyridine rings is 1. The van der Waals surface area contributed by atoms with Crippen LogP contribution in [0.1, 0.15) is 11.1 Å². The highest BCUT2D eigenvalue weighted by Gasteiger charge is 2.03. The zero-order valence-corrected chi connectivity index (χ0v) is 10.3. The quantitative estimate of drug-likeness (QED) is 0.819. The van der Waals surface area contributed by atoms with Gasteiger partial charge in [-0.3, -0.25) is 0 Å². The van der Waals surface area contributed by atoms with Crippen LogP contribution < -0.4 is 11.1 Å². The van der Waals surface area contributed by atoms with Crippen molar-refractivity contribution in [1.29, 1.82) is 0 Å². The largest absolute Gasteiger partial charge is 0.395 e. The maximum atomic E-state index is 5.84. The van der Waals surface area contributed by atoms with Crippen LogP contribution >= 0.6 is 11.6 Å². The molecule has 0 aliphatic rings. The van der Waals surface area contributed by atoms with Crippen molar-refractivity contribution in [3.63, 3.8) is 0 Å². The molecule has 0 unspecified atom stereocenters. The number of anilines is 2. The number of nitrogens with zero attached hydrogens (tertiary/aromatic N) is 1. The summed E-state index contributed by atoms with van der Waals surface area (Å²) in [6.07, 6.45) is 1.64. The SMILES string of the molecule is Cc1ccc(CNc2ccnc(Cl)c2N)cc1. The molecule has 0 saturated heterocycles. The van der Waals surface area contributed by atoms with E-state index < -0.39 is 0 Å². The summed E-state index contributed by atoms with van der Waals surface area (Å²) >= 11 is 5.84. The molecule has 2 rings (SSSR count). The second-order valence-corrected chi connectivity index (χ2v) is 4.26. The summed E-state index contributed by atoms with van der Waals surface area (Å²) in [7, 11) is 0. The first-order valence-electron chi connectivity index (χ1n) is 5.36. The fraction of sp³-hybridized carbons (Fsp3) is 0.154. The lowest BCUT2D eigenvalue weighted by Gasteiger charge is -2.09. The third kappa shape index (κ3) is 2.88. The molecule has 1 aromatic heterocycles. The number of aryl methyl sites for hydroxylation is 1. The molecule has 2 aromatic rings. The van der Waals surface area contributed by atoms with E-state index >= 15 is 0 Å². The summed E-state index contributed by atoms with van der Waals surface area (Å²) in [5.74, 6) is 0. The summed E-state index contributed by atoms with van der Waals surface area (Å²) in [4.78, 5) is 3.91. The van der Waals surface area contributed by atoms with Gasteiger partial charge in [-0.1, -0.05) is 41.4 Å². The highest BCUT2D eigenvalue weighted by Crippen LogP contribution is 2.24. The van der Waals surface area contributed by atoms with Gasteiger partial charge in [-0.25, -0.2) is 4.98 Å². The third-order valence-corrected chi connectivity index (χ3v) is 2.85. The number of hydrogen-bond acceptors (Lipinski definition) is 3. The molecule has 0 spiro atoms. The molecular formula is C13H14ClN3. The molecule has 0 amide bonds. The van der Waals surface area contributed by atoms with Gasteiger partial charge in [0.1, 0.15) is 0 Å². The standard InChI is InChI=1S/C13H14ClN3/c1-9-2-4-10(5-3-9)8-17-11-6-7-16-13(14)12(11)15/h2-7H,8,15H2,1H3,(H,16,17). The number of nitrogen functional groups attached to an aromatic ring is 1. The summed E-state index contributed by atoms with van der Waals surface area (Å²) in [6.45, 7) is 2.78. The number of rotatable bonds is 3. The zero-order valence-electron chi connectivity index (χ0n) is 9.57. The molecule has 1 heterocycles. The second-order valence-electron chi connectivity index (χ2n) is 3.90. The van der Waals surface area contributed by atoms with E-state index in [1.165, 1.54) is 11.1 Å². The number of halogens is 1. The predicted octanol–water partition coefficient (Wildman–Crippen LogP) is 3.24. The minimum Gasteiger partial charge on any atom is -0.395 e. The molecule has 0 fully saturated rings. The van der Waals surface area contributed by atoms with Crippen LogP contribution in [0.3, 0.4) is 0 Å². The Labute approximate surface area is 106 Å². The molecule has 0 bridgehead atoms. The Morgan fingerprint density at radius 3 is 2.65 bits per heavy atom. The van der Waals surface area contributed by atoms with Crippen LogP contribution in [0.2, 0.25) is 5.15 Å². The topological polar surface area (TPSA) is 50.9 Å². The van der Waals surface area contributed by atoms with Crippen molar-refractivity contribution in [1.82, 2.24) is 4.98 Å². The number of nitrogens with one attached hydrogen (secondary N) is 1. The van der Waals surface area contributed by atoms with E-state index in [1.54, 1.807) is 6.20 Å². The van der Waals surface area contributed by atoms with Crippen LogP contribution in [0.15, 0.2) is 36.5 Å². The smallest absolute Gasteiger partial charge is 0.153 e. The van der Waals surface area contributed by atoms with Crippen LogP contribution in [0, 0.1) is 6.92 Å². The van der Waals surface area contributed by atoms with Crippen LogP contribution in [-0.4, -0.2) is 4.98 Å². The average molecular weight is 248 g/mol. The van der Waals surface area contributed by atoms with Gasteiger partial charge in [-0.2, -0.15) is 0 Å². The van der Waals surface area contributed by atoms with Crippen LogP contribution in [-0.2, 0) is 6.54 Å². The van der Waals surface area contributed by atoms with Gasteiger partial charge in [0.15, 0.2) is 5.15 Å². The van der Waals surface area contributed by atoms with E-state index in [0.29, 0.717) is 17.4 Å². The van der Waals surface area contributed by atoms with Crippen molar-refractivity contribution in [2.24, 2.45) is 0 Å². The summed E-state index contributed by atoms with van der Waals surface area (Å²) in [5, 5.41) is 3.57. The molecule has 1 aromatic carbocycles. The Kier molecular flexibility index (Phi) is 3.49. The Balaban J connectivity index is 2.07. The Morgan fingerprint density at radius 2 is 1.94 bits per heavy atom. The minimum absolute atomic E-state index is 0.332. The fourth-order valence-corrected chi connectivity index (χ4v) is 1.66. The molecule has 0 aliphatic carbocycles. The fourth-order valence-electron chi connectivity index (χ4n) is 1.51. The highest BCUT2D eigenvalue weighted by molar-refractivity contribution is 6.32. The Morgan fingerprint density at radius 1 is 1.24 bits per heavy atom. The first kappa shape index (κ1) is 11.7. The van der Waals surface area contributed by atoms with E-state index in [4.69, 9.17) is 17.3 Å². The van der Waals surface area contributed by atoms with Crippen molar-refractivity contribution < 1.29 is 0 Å². The minimum atomic E-state index is 0.332. The van der Waals surface area contributed by atoms with Gasteiger partial charge in [0, 0.05) is 12.7 Å². The van der Waals surface area contributed by atoms with Gasteiger partial charge in [-0.15, -0.1) is 0 Å². The third-order valence-electron chi connectivity index (χ3n) is 2.55. The lowest BCUT2D eigenvalue weighted by Crippen LogP contribution is -2.03. The number of nitrogens with two attached hydrogens (primary N) is 1. The molecule has 3 N–H and O–H groups in total. The summed E-state index contributed by atoms with van der Waals surface area (Å²) in [5.41, 5.74) is 9.56. The molecule has 0 aliphatic heterocycles. The van der Waals surface area contributed by atoms with E-state index in [9.17, 15) is 0 Å². The maximum absolute atomic E-state index is 5.84. The second kappa shape index (κ2) is 5.06. The monoisotopic (exact) mass is 247 g/mol. The molecule has 0 saturated carbocycles. The molecule has 3 nitrogen and oxygen atoms in total. The highest BCUT2D eigenvalue weighted by atomic mass is 35.5. The molecule has 88 valence electrons. The van der Waals surface area contributed by atoms with Crippen molar-refractivity contribution in [2.75, 3.05) is 11.1 Å². The number of benzene rings is 1. The first-order chi connectivity index (χ1) is 8.16. The predicted molar refractivity (Wildman–Crippen MR) is 72.2 cm³/mol. The number of aromatic nitrogens is 1. The van der Waals surface area contributed by atoms with Gasteiger partial charge in [0.05, 0.1) is 11.4 Å². The summed E-state index contributed by atoms with van der Waals surface area (Å²) < 4.78 is 0. The van der Waals surface area contributed by atoms with Crippen molar-refractivity contribution in [3.8, 4) is 0 Å². The zero-order chi connectivity index (χ0) is 12.3. The Bertz CT molecular complexity index is 509. The van der Waals surface area contributed by atoms with Gasteiger partial charge < -0.3 is 11.1 Å². The lowest BCUT2D eigenvalue weighted by atomic mass is 10.1. The van der Waals surface area contributed by atoms with Gasteiger partial charge >= 0.3 is 0 Å². The molecule has 17 heavy (non-hydrogen) atoms. The van der Waals surface area contributed by atoms with E-state index in [2.05, 4.69) is 41.5 Å². The van der Waals surface area contributed by atoms with E-state index in [1.807, 2.05) is 6.07 Å².